The predicted octanol–water partition coefficient (Wildman–Crippen LogP) is 2.47. The molecule has 0 aliphatic rings. The average molecular weight is 223 g/mol. The van der Waals surface area contributed by atoms with Crippen LogP contribution in [0.5, 0.6) is 5.75 Å². The number of rotatable bonds is 6. The molecule has 2 atom stereocenters. The van der Waals surface area contributed by atoms with Gasteiger partial charge in [0.2, 0.25) is 0 Å². The highest BCUT2D eigenvalue weighted by Gasteiger charge is 2.13. The summed E-state index contributed by atoms with van der Waals surface area (Å²) in [7, 11) is 1.70. The fraction of sp³-hybridized carbons (Fsp3) is 0.538. The summed E-state index contributed by atoms with van der Waals surface area (Å²) >= 11 is 0. The average Bonchev–Trinajstić information content (AvgIpc) is 2.31. The molecule has 0 radical (unpaired) electrons. The Morgan fingerprint density at radius 2 is 2.06 bits per heavy atom. The summed E-state index contributed by atoms with van der Waals surface area (Å²) in [5.41, 5.74) is 0.952. The maximum atomic E-state index is 9.76. The number of para-hydroxylation sites is 1. The van der Waals surface area contributed by atoms with Crippen molar-refractivity contribution in [2.24, 2.45) is 0 Å². The van der Waals surface area contributed by atoms with Crippen LogP contribution in [0.1, 0.15) is 31.9 Å². The van der Waals surface area contributed by atoms with E-state index in [0.29, 0.717) is 5.75 Å². The lowest BCUT2D eigenvalue weighted by molar-refractivity contribution is 0.114. The van der Waals surface area contributed by atoms with Crippen LogP contribution in [0.4, 0.5) is 0 Å². The Kier molecular flexibility index (Phi) is 5.29. The summed E-state index contributed by atoms with van der Waals surface area (Å²) in [4.78, 5) is 0. The molecule has 0 spiro atoms. The van der Waals surface area contributed by atoms with Gasteiger partial charge in [-0.2, -0.15) is 0 Å². The largest absolute Gasteiger partial charge is 0.508 e. The van der Waals surface area contributed by atoms with Crippen molar-refractivity contribution in [3.8, 4) is 5.75 Å². The molecule has 0 saturated carbocycles. The maximum absolute atomic E-state index is 9.76. The summed E-state index contributed by atoms with van der Waals surface area (Å²) in [6, 6.07) is 7.63. The van der Waals surface area contributed by atoms with Crippen molar-refractivity contribution >= 4 is 0 Å². The quantitative estimate of drug-likeness (QED) is 0.778. The lowest BCUT2D eigenvalue weighted by Crippen LogP contribution is -2.29. The van der Waals surface area contributed by atoms with E-state index in [4.69, 9.17) is 4.74 Å². The summed E-state index contributed by atoms with van der Waals surface area (Å²) in [5.74, 6) is 0.354. The number of hydrogen-bond donors (Lipinski definition) is 2. The Bertz CT molecular complexity index is 315. The van der Waals surface area contributed by atoms with Crippen LogP contribution in [0.2, 0.25) is 0 Å². The van der Waals surface area contributed by atoms with Crippen molar-refractivity contribution in [3.63, 3.8) is 0 Å². The number of phenolic OH excluding ortho intramolecular Hbond substituents is 1. The molecule has 2 unspecified atom stereocenters. The lowest BCUT2D eigenvalue weighted by atomic mass is 10.0. The number of hydrogen-bond acceptors (Lipinski definition) is 3. The second-order valence-corrected chi connectivity index (χ2v) is 3.97. The molecule has 1 aromatic rings. The molecule has 0 amide bonds. The van der Waals surface area contributed by atoms with Gasteiger partial charge in [-0.15, -0.1) is 0 Å². The molecule has 1 aromatic carbocycles. The number of nitrogens with one attached hydrogen (secondary N) is 1. The van der Waals surface area contributed by atoms with Gasteiger partial charge in [0.15, 0.2) is 0 Å². The Morgan fingerprint density at radius 1 is 1.38 bits per heavy atom. The van der Waals surface area contributed by atoms with Gasteiger partial charge in [-0.3, -0.25) is 0 Å². The van der Waals surface area contributed by atoms with E-state index in [9.17, 15) is 5.11 Å². The summed E-state index contributed by atoms with van der Waals surface area (Å²) in [6.07, 6.45) is 1.12. The molecule has 0 aliphatic carbocycles. The first-order valence-electron chi connectivity index (χ1n) is 5.73. The molecule has 0 heterocycles. The fourth-order valence-electron chi connectivity index (χ4n) is 1.65. The Labute approximate surface area is 97.4 Å². The van der Waals surface area contributed by atoms with Gasteiger partial charge in [0.1, 0.15) is 5.75 Å². The monoisotopic (exact) mass is 223 g/mol. The van der Waals surface area contributed by atoms with E-state index in [2.05, 4.69) is 12.2 Å². The van der Waals surface area contributed by atoms with Crippen LogP contribution in [0.15, 0.2) is 24.3 Å². The fourth-order valence-corrected chi connectivity index (χ4v) is 1.65. The second-order valence-electron chi connectivity index (χ2n) is 3.97. The normalized spacial score (nSPS) is 14.7. The number of ether oxygens (including phenoxy) is 1. The van der Waals surface area contributed by atoms with Crippen molar-refractivity contribution in [2.75, 3.05) is 13.7 Å². The van der Waals surface area contributed by atoms with E-state index in [0.717, 1.165) is 18.5 Å². The predicted molar refractivity (Wildman–Crippen MR) is 65.6 cm³/mol. The minimum atomic E-state index is 0.179. The van der Waals surface area contributed by atoms with Gasteiger partial charge >= 0.3 is 0 Å². The van der Waals surface area contributed by atoms with Gasteiger partial charge in [-0.1, -0.05) is 25.1 Å². The standard InChI is InChI=1S/C13H21NO2/c1-4-12(14-9-10(2)16-3)11-7-5-6-8-13(11)15/h5-8,10,12,14-15H,4,9H2,1-3H3. The molecule has 0 saturated heterocycles. The van der Waals surface area contributed by atoms with Gasteiger partial charge < -0.3 is 15.2 Å². The van der Waals surface area contributed by atoms with Crippen LogP contribution >= 0.6 is 0 Å². The smallest absolute Gasteiger partial charge is 0.120 e. The molecule has 2 N–H and O–H groups in total. The van der Waals surface area contributed by atoms with Crippen molar-refractivity contribution in [2.45, 2.75) is 32.4 Å². The molecular weight excluding hydrogens is 202 g/mol. The third kappa shape index (κ3) is 3.51. The van der Waals surface area contributed by atoms with E-state index in [1.807, 2.05) is 25.1 Å². The minimum absolute atomic E-state index is 0.179. The van der Waals surface area contributed by atoms with E-state index >= 15 is 0 Å². The lowest BCUT2D eigenvalue weighted by Gasteiger charge is -2.20. The molecule has 0 bridgehead atoms. The zero-order chi connectivity index (χ0) is 12.0. The van der Waals surface area contributed by atoms with E-state index in [1.54, 1.807) is 13.2 Å². The SMILES string of the molecule is CCC(NCC(C)OC)c1ccccc1O. The first-order valence-corrected chi connectivity index (χ1v) is 5.73. The Hall–Kier alpha value is -1.06. The number of phenols is 1. The third-order valence-electron chi connectivity index (χ3n) is 2.77. The van der Waals surface area contributed by atoms with Crippen molar-refractivity contribution in [1.29, 1.82) is 0 Å². The summed E-state index contributed by atoms with van der Waals surface area (Å²) in [6.45, 7) is 4.90. The Morgan fingerprint density at radius 3 is 2.62 bits per heavy atom. The van der Waals surface area contributed by atoms with Crippen molar-refractivity contribution < 1.29 is 9.84 Å². The first kappa shape index (κ1) is 13.0. The van der Waals surface area contributed by atoms with Gasteiger partial charge in [0.25, 0.3) is 0 Å². The second kappa shape index (κ2) is 6.51. The van der Waals surface area contributed by atoms with E-state index in [-0.39, 0.29) is 12.1 Å². The molecule has 3 heteroatoms. The van der Waals surface area contributed by atoms with Crippen molar-refractivity contribution in [3.05, 3.63) is 29.8 Å². The highest BCUT2D eigenvalue weighted by molar-refractivity contribution is 5.34. The van der Waals surface area contributed by atoms with Crippen LogP contribution in [0.25, 0.3) is 0 Å². The van der Waals surface area contributed by atoms with Crippen LogP contribution < -0.4 is 5.32 Å². The molecule has 0 fully saturated rings. The van der Waals surface area contributed by atoms with Gasteiger partial charge in [0, 0.05) is 25.3 Å². The van der Waals surface area contributed by atoms with Gasteiger partial charge in [-0.25, -0.2) is 0 Å². The topological polar surface area (TPSA) is 41.5 Å². The molecular formula is C13H21NO2. The van der Waals surface area contributed by atoms with Crippen LogP contribution in [-0.2, 0) is 4.74 Å². The molecule has 3 nitrogen and oxygen atoms in total. The van der Waals surface area contributed by atoms with E-state index in [1.165, 1.54) is 0 Å². The highest BCUT2D eigenvalue weighted by atomic mass is 16.5. The molecule has 0 aliphatic heterocycles. The number of benzene rings is 1. The molecule has 1 rings (SSSR count). The third-order valence-corrected chi connectivity index (χ3v) is 2.77. The first-order chi connectivity index (χ1) is 7.69. The number of aromatic hydroxyl groups is 1. The zero-order valence-corrected chi connectivity index (χ0v) is 10.2. The molecule has 0 aromatic heterocycles. The summed E-state index contributed by atoms with van der Waals surface area (Å²) in [5, 5.41) is 13.2. The summed E-state index contributed by atoms with van der Waals surface area (Å²) < 4.78 is 5.19. The van der Waals surface area contributed by atoms with E-state index < -0.39 is 0 Å². The van der Waals surface area contributed by atoms with Gasteiger partial charge in [0.05, 0.1) is 6.10 Å². The molecule has 90 valence electrons. The van der Waals surface area contributed by atoms with Crippen LogP contribution in [0, 0.1) is 0 Å². The number of methoxy groups -OCH3 is 1. The highest BCUT2D eigenvalue weighted by Crippen LogP contribution is 2.25. The minimum Gasteiger partial charge on any atom is -0.508 e. The van der Waals surface area contributed by atoms with Crippen LogP contribution in [-0.4, -0.2) is 24.9 Å². The molecule has 16 heavy (non-hydrogen) atoms. The maximum Gasteiger partial charge on any atom is 0.120 e. The van der Waals surface area contributed by atoms with Gasteiger partial charge in [-0.05, 0) is 19.4 Å². The van der Waals surface area contributed by atoms with Crippen molar-refractivity contribution in [1.82, 2.24) is 5.32 Å². The Balaban J connectivity index is 2.64. The zero-order valence-electron chi connectivity index (χ0n) is 10.2. The van der Waals surface area contributed by atoms with Crippen LogP contribution in [0.3, 0.4) is 0 Å².